The van der Waals surface area contributed by atoms with Gasteiger partial charge in [0.05, 0.1) is 0 Å². The normalized spacial score (nSPS) is 16.3. The molecule has 168 valence electrons. The van der Waals surface area contributed by atoms with Crippen LogP contribution in [0.3, 0.4) is 0 Å². The van der Waals surface area contributed by atoms with Crippen molar-refractivity contribution in [2.24, 2.45) is 5.41 Å². The second-order valence-electron chi connectivity index (χ2n) is 11.1. The van der Waals surface area contributed by atoms with Crippen LogP contribution in [0.2, 0.25) is 0 Å². The quantitative estimate of drug-likeness (QED) is 0.436. The Kier molecular flexibility index (Phi) is 6.60. The molecule has 2 heteroatoms. The zero-order valence-corrected chi connectivity index (χ0v) is 20.8. The van der Waals surface area contributed by atoms with Crippen molar-refractivity contribution >= 4 is 0 Å². The number of ether oxygens (including phenoxy) is 2. The average molecular weight is 421 g/mol. The van der Waals surface area contributed by atoms with Crippen LogP contribution in [-0.2, 0) is 5.41 Å². The fraction of sp³-hybridized carbons (Fsp3) is 0.517. The molecular weight excluding hydrogens is 380 g/mol. The topological polar surface area (TPSA) is 18.5 Å². The second kappa shape index (κ2) is 8.73. The van der Waals surface area contributed by atoms with Gasteiger partial charge in [0.2, 0.25) is 0 Å². The average Bonchev–Trinajstić information content (AvgIpc) is 2.64. The summed E-state index contributed by atoms with van der Waals surface area (Å²) < 4.78 is 12.4. The lowest BCUT2D eigenvalue weighted by Gasteiger charge is -2.32. The highest BCUT2D eigenvalue weighted by Gasteiger charge is 2.29. The Morgan fingerprint density at radius 2 is 1.23 bits per heavy atom. The van der Waals surface area contributed by atoms with Crippen LogP contribution in [0, 0.1) is 5.41 Å². The number of hydrogen-bond donors (Lipinski definition) is 0. The fourth-order valence-electron chi connectivity index (χ4n) is 4.16. The fourth-order valence-corrected chi connectivity index (χ4v) is 4.16. The van der Waals surface area contributed by atoms with Gasteiger partial charge < -0.3 is 9.47 Å². The molecule has 0 spiro atoms. The molecule has 0 heterocycles. The Morgan fingerprint density at radius 1 is 0.742 bits per heavy atom. The van der Waals surface area contributed by atoms with Crippen LogP contribution in [0.25, 0.3) is 0 Å². The zero-order chi connectivity index (χ0) is 22.9. The molecule has 0 bridgehead atoms. The van der Waals surface area contributed by atoms with Gasteiger partial charge in [-0.3, -0.25) is 0 Å². The maximum Gasteiger partial charge on any atom is 0.126 e. The van der Waals surface area contributed by atoms with Gasteiger partial charge in [-0.1, -0.05) is 58.9 Å². The van der Waals surface area contributed by atoms with Crippen molar-refractivity contribution in [2.45, 2.75) is 92.1 Å². The molecule has 1 saturated carbocycles. The molecule has 1 fully saturated rings. The first kappa shape index (κ1) is 23.4. The third-order valence-corrected chi connectivity index (χ3v) is 6.29. The molecule has 0 amide bonds. The monoisotopic (exact) mass is 420 g/mol. The first-order valence-electron chi connectivity index (χ1n) is 11.7. The number of hydrogen-bond acceptors (Lipinski definition) is 2. The Hall–Kier alpha value is -2.22. The molecule has 3 rings (SSSR count). The standard InChI is InChI=1S/C29H40O2/c1-9-29(8,23-15-19-25(20-16-23)31-28(5,6)7)22-13-17-24(18-14-22)30-26(27(2,3)4)21-11-10-12-21/h13-20H,9-12H2,1-8H3. The van der Waals surface area contributed by atoms with Gasteiger partial charge in [0.15, 0.2) is 0 Å². The molecule has 0 N–H and O–H groups in total. The SMILES string of the molecule is CCC(C)(c1ccc(OC(=C2CCC2)C(C)(C)C)cc1)c1ccc(OC(C)(C)C)cc1. The van der Waals surface area contributed by atoms with E-state index in [0.29, 0.717) is 0 Å². The van der Waals surface area contributed by atoms with E-state index in [2.05, 4.69) is 104 Å². The molecule has 1 aliphatic carbocycles. The summed E-state index contributed by atoms with van der Waals surface area (Å²) in [4.78, 5) is 0. The van der Waals surface area contributed by atoms with Gasteiger partial charge >= 0.3 is 0 Å². The maximum atomic E-state index is 6.42. The molecule has 1 aliphatic rings. The lowest BCUT2D eigenvalue weighted by Crippen LogP contribution is -2.24. The highest BCUT2D eigenvalue weighted by Crippen LogP contribution is 2.40. The van der Waals surface area contributed by atoms with E-state index in [1.807, 2.05) is 0 Å². The molecule has 31 heavy (non-hydrogen) atoms. The summed E-state index contributed by atoms with van der Waals surface area (Å²) in [6.07, 6.45) is 4.65. The van der Waals surface area contributed by atoms with E-state index in [-0.39, 0.29) is 16.4 Å². The molecule has 1 atom stereocenters. The Bertz CT molecular complexity index is 899. The lowest BCUT2D eigenvalue weighted by molar-refractivity contribution is 0.131. The van der Waals surface area contributed by atoms with Gasteiger partial charge in [-0.15, -0.1) is 0 Å². The van der Waals surface area contributed by atoms with E-state index in [1.165, 1.54) is 36.0 Å². The predicted octanol–water partition coefficient (Wildman–Crippen LogP) is 8.44. The van der Waals surface area contributed by atoms with Crippen LogP contribution >= 0.6 is 0 Å². The molecule has 2 aromatic rings. The number of allylic oxidation sites excluding steroid dienone is 2. The Morgan fingerprint density at radius 3 is 1.58 bits per heavy atom. The first-order valence-corrected chi connectivity index (χ1v) is 11.7. The van der Waals surface area contributed by atoms with E-state index in [1.54, 1.807) is 0 Å². The molecule has 2 nitrogen and oxygen atoms in total. The van der Waals surface area contributed by atoms with Crippen LogP contribution in [0.15, 0.2) is 59.9 Å². The number of rotatable bonds is 6. The summed E-state index contributed by atoms with van der Waals surface area (Å²) in [5.41, 5.74) is 3.87. The Balaban J connectivity index is 1.82. The van der Waals surface area contributed by atoms with Gasteiger partial charge in [0, 0.05) is 10.8 Å². The summed E-state index contributed by atoms with van der Waals surface area (Å²) in [6.45, 7) is 17.5. The van der Waals surface area contributed by atoms with E-state index >= 15 is 0 Å². The molecule has 2 aromatic carbocycles. The molecule has 0 aliphatic heterocycles. The van der Waals surface area contributed by atoms with E-state index in [0.717, 1.165) is 23.7 Å². The highest BCUT2D eigenvalue weighted by molar-refractivity contribution is 5.43. The van der Waals surface area contributed by atoms with Crippen molar-refractivity contribution in [2.75, 3.05) is 0 Å². The first-order chi connectivity index (χ1) is 14.4. The van der Waals surface area contributed by atoms with Crippen molar-refractivity contribution < 1.29 is 9.47 Å². The Labute approximate surface area is 189 Å². The van der Waals surface area contributed by atoms with Crippen molar-refractivity contribution in [1.82, 2.24) is 0 Å². The van der Waals surface area contributed by atoms with Crippen molar-refractivity contribution in [3.63, 3.8) is 0 Å². The summed E-state index contributed by atoms with van der Waals surface area (Å²) in [7, 11) is 0. The summed E-state index contributed by atoms with van der Waals surface area (Å²) in [5, 5.41) is 0. The van der Waals surface area contributed by atoms with Gasteiger partial charge in [0.25, 0.3) is 0 Å². The predicted molar refractivity (Wildman–Crippen MR) is 131 cm³/mol. The third kappa shape index (κ3) is 5.53. The smallest absolute Gasteiger partial charge is 0.126 e. The van der Waals surface area contributed by atoms with Crippen molar-refractivity contribution in [3.8, 4) is 11.5 Å². The van der Waals surface area contributed by atoms with Crippen molar-refractivity contribution in [3.05, 3.63) is 71.0 Å². The molecular formula is C29H40O2. The summed E-state index contributed by atoms with van der Waals surface area (Å²) in [6, 6.07) is 17.3. The van der Waals surface area contributed by atoms with Gasteiger partial charge in [-0.2, -0.15) is 0 Å². The van der Waals surface area contributed by atoms with Crippen LogP contribution in [-0.4, -0.2) is 5.60 Å². The minimum Gasteiger partial charge on any atom is -0.488 e. The van der Waals surface area contributed by atoms with Crippen LogP contribution in [0.4, 0.5) is 0 Å². The van der Waals surface area contributed by atoms with Crippen molar-refractivity contribution in [1.29, 1.82) is 0 Å². The molecule has 0 aromatic heterocycles. The largest absolute Gasteiger partial charge is 0.488 e. The van der Waals surface area contributed by atoms with Gasteiger partial charge in [0.1, 0.15) is 22.9 Å². The summed E-state index contributed by atoms with van der Waals surface area (Å²) >= 11 is 0. The van der Waals surface area contributed by atoms with E-state index < -0.39 is 0 Å². The summed E-state index contributed by atoms with van der Waals surface area (Å²) in [5.74, 6) is 3.00. The second-order valence-corrected chi connectivity index (χ2v) is 11.1. The van der Waals surface area contributed by atoms with Gasteiger partial charge in [-0.05, 0) is 87.4 Å². The highest BCUT2D eigenvalue weighted by atomic mass is 16.5. The lowest BCUT2D eigenvalue weighted by atomic mass is 9.74. The van der Waals surface area contributed by atoms with E-state index in [9.17, 15) is 0 Å². The van der Waals surface area contributed by atoms with Crippen LogP contribution < -0.4 is 9.47 Å². The molecule has 1 unspecified atom stereocenters. The van der Waals surface area contributed by atoms with E-state index in [4.69, 9.17) is 9.47 Å². The number of benzene rings is 2. The van der Waals surface area contributed by atoms with Gasteiger partial charge in [-0.25, -0.2) is 0 Å². The third-order valence-electron chi connectivity index (χ3n) is 6.29. The minimum atomic E-state index is -0.188. The molecule has 0 saturated heterocycles. The minimum absolute atomic E-state index is 0.0310. The maximum absolute atomic E-state index is 6.42. The molecule has 0 radical (unpaired) electrons. The van der Waals surface area contributed by atoms with Crippen LogP contribution in [0.1, 0.15) is 92.2 Å². The van der Waals surface area contributed by atoms with Crippen LogP contribution in [0.5, 0.6) is 11.5 Å². The zero-order valence-electron chi connectivity index (χ0n) is 20.8.